The molecule has 3 rings (SSSR count). The number of aromatic nitrogens is 2. The quantitative estimate of drug-likeness (QED) is 0.494. The van der Waals surface area contributed by atoms with Crippen molar-refractivity contribution >= 4 is 17.3 Å². The Balaban J connectivity index is 1.78. The molecule has 0 fully saturated rings. The molecule has 3 aromatic rings. The first kappa shape index (κ1) is 18.7. The molecule has 0 saturated heterocycles. The number of hydrogen-bond acceptors (Lipinski definition) is 6. The summed E-state index contributed by atoms with van der Waals surface area (Å²) in [4.78, 5) is 32.8. The average Bonchev–Trinajstić information content (AvgIpc) is 3.19. The van der Waals surface area contributed by atoms with Gasteiger partial charge in [0.05, 0.1) is 28.0 Å². The van der Waals surface area contributed by atoms with Gasteiger partial charge in [-0.2, -0.15) is 5.10 Å². The Morgan fingerprint density at radius 1 is 1.00 bits per heavy atom. The van der Waals surface area contributed by atoms with Gasteiger partial charge in [0.2, 0.25) is 0 Å². The molecule has 0 aliphatic rings. The molecule has 28 heavy (non-hydrogen) atoms. The number of benzene rings is 2. The first-order valence-corrected chi connectivity index (χ1v) is 8.20. The van der Waals surface area contributed by atoms with Gasteiger partial charge in [-0.05, 0) is 17.2 Å². The number of hydrogen-bond donors (Lipinski definition) is 1. The normalized spacial score (nSPS) is 10.4. The van der Waals surface area contributed by atoms with Crippen LogP contribution in [0.15, 0.2) is 60.9 Å². The van der Waals surface area contributed by atoms with Crippen molar-refractivity contribution in [2.24, 2.45) is 0 Å². The highest BCUT2D eigenvalue weighted by atomic mass is 16.6. The topological polar surface area (TPSA) is 133 Å². The Hall–Kier alpha value is -4.08. The Kier molecular flexibility index (Phi) is 5.40. The predicted molar refractivity (Wildman–Crippen MR) is 98.7 cm³/mol. The maximum atomic E-state index is 12.4. The molecule has 0 saturated carbocycles. The summed E-state index contributed by atoms with van der Waals surface area (Å²) in [6.45, 7) is 0.675. The standard InChI is InChI=1S/C18H15N5O5/c24-18(15-8-16(22(25)26)10-17(9-15)23(27)28)19-11-13-4-1-2-5-14(13)12-21-7-3-6-20-21/h1-10H,11-12H2,(H,19,24). The predicted octanol–water partition coefficient (Wildman–Crippen LogP) is 2.68. The van der Waals surface area contributed by atoms with E-state index in [1.807, 2.05) is 30.5 Å². The van der Waals surface area contributed by atoms with Crippen LogP contribution in [0.2, 0.25) is 0 Å². The molecule has 0 aliphatic carbocycles. The summed E-state index contributed by atoms with van der Waals surface area (Å²) in [5, 5.41) is 28.7. The molecule has 10 heteroatoms. The van der Waals surface area contributed by atoms with Crippen LogP contribution < -0.4 is 5.32 Å². The summed E-state index contributed by atoms with van der Waals surface area (Å²) in [6, 6.07) is 12.1. The largest absolute Gasteiger partial charge is 0.348 e. The molecule has 0 unspecified atom stereocenters. The Morgan fingerprint density at radius 3 is 2.21 bits per heavy atom. The molecule has 0 spiro atoms. The van der Waals surface area contributed by atoms with Gasteiger partial charge in [0.1, 0.15) is 0 Å². The molecule has 1 aromatic heterocycles. The molecule has 0 radical (unpaired) electrons. The van der Waals surface area contributed by atoms with Crippen LogP contribution in [0, 0.1) is 20.2 Å². The third kappa shape index (κ3) is 4.36. The van der Waals surface area contributed by atoms with E-state index in [9.17, 15) is 25.0 Å². The van der Waals surface area contributed by atoms with Gasteiger partial charge in [-0.1, -0.05) is 24.3 Å². The highest BCUT2D eigenvalue weighted by Gasteiger charge is 2.20. The first-order chi connectivity index (χ1) is 13.4. The fourth-order valence-corrected chi connectivity index (χ4v) is 2.67. The van der Waals surface area contributed by atoms with Crippen LogP contribution in [0.1, 0.15) is 21.5 Å². The minimum atomic E-state index is -0.775. The van der Waals surface area contributed by atoms with E-state index < -0.39 is 27.1 Å². The van der Waals surface area contributed by atoms with Gasteiger partial charge in [-0.3, -0.25) is 29.7 Å². The zero-order chi connectivity index (χ0) is 20.1. The fourth-order valence-electron chi connectivity index (χ4n) is 2.67. The molecular formula is C18H15N5O5. The third-order valence-electron chi connectivity index (χ3n) is 4.04. The second kappa shape index (κ2) is 8.08. The van der Waals surface area contributed by atoms with E-state index in [0.29, 0.717) is 6.54 Å². The molecule has 0 bridgehead atoms. The zero-order valence-corrected chi connectivity index (χ0v) is 14.5. The van der Waals surface area contributed by atoms with E-state index >= 15 is 0 Å². The number of nitrogens with one attached hydrogen (secondary N) is 1. The molecular weight excluding hydrogens is 366 g/mol. The van der Waals surface area contributed by atoms with Gasteiger partial charge in [-0.25, -0.2) is 0 Å². The van der Waals surface area contributed by atoms with E-state index in [-0.39, 0.29) is 12.1 Å². The van der Waals surface area contributed by atoms with Gasteiger partial charge in [0, 0.05) is 31.1 Å². The zero-order valence-electron chi connectivity index (χ0n) is 14.5. The van der Waals surface area contributed by atoms with E-state index in [2.05, 4.69) is 10.4 Å². The molecule has 1 heterocycles. The number of non-ortho nitro benzene ring substituents is 2. The van der Waals surface area contributed by atoms with E-state index in [1.54, 1.807) is 16.9 Å². The maximum absolute atomic E-state index is 12.4. The molecule has 0 aliphatic heterocycles. The summed E-state index contributed by atoms with van der Waals surface area (Å²) < 4.78 is 1.74. The third-order valence-corrected chi connectivity index (χ3v) is 4.04. The summed E-state index contributed by atoms with van der Waals surface area (Å²) >= 11 is 0. The molecule has 2 aromatic carbocycles. The Morgan fingerprint density at radius 2 is 1.64 bits per heavy atom. The van der Waals surface area contributed by atoms with Crippen molar-refractivity contribution in [1.29, 1.82) is 0 Å². The number of carbonyl (C=O) groups excluding carboxylic acids is 1. The number of rotatable bonds is 7. The molecule has 1 N–H and O–H groups in total. The van der Waals surface area contributed by atoms with Crippen molar-refractivity contribution in [1.82, 2.24) is 15.1 Å². The monoisotopic (exact) mass is 381 g/mol. The molecule has 10 nitrogen and oxygen atoms in total. The number of carbonyl (C=O) groups is 1. The van der Waals surface area contributed by atoms with Crippen LogP contribution in [0.3, 0.4) is 0 Å². The average molecular weight is 381 g/mol. The summed E-state index contributed by atoms with van der Waals surface area (Å²) in [5.41, 5.74) is 0.602. The van der Waals surface area contributed by atoms with Crippen molar-refractivity contribution < 1.29 is 14.6 Å². The Labute approximate surface area is 158 Å². The van der Waals surface area contributed by atoms with Crippen molar-refractivity contribution in [2.75, 3.05) is 0 Å². The van der Waals surface area contributed by atoms with E-state index in [4.69, 9.17) is 0 Å². The first-order valence-electron chi connectivity index (χ1n) is 8.20. The smallest absolute Gasteiger partial charge is 0.277 e. The number of amides is 1. The van der Waals surface area contributed by atoms with Crippen LogP contribution in [0.25, 0.3) is 0 Å². The van der Waals surface area contributed by atoms with Crippen LogP contribution >= 0.6 is 0 Å². The van der Waals surface area contributed by atoms with Gasteiger partial charge >= 0.3 is 0 Å². The van der Waals surface area contributed by atoms with Gasteiger partial charge < -0.3 is 5.32 Å². The SMILES string of the molecule is O=C(NCc1ccccc1Cn1cccn1)c1cc([N+](=O)[O-])cc([N+](=O)[O-])c1. The van der Waals surface area contributed by atoms with Gasteiger partial charge in [-0.15, -0.1) is 0 Å². The highest BCUT2D eigenvalue weighted by molar-refractivity contribution is 5.95. The van der Waals surface area contributed by atoms with Gasteiger partial charge in [0.15, 0.2) is 0 Å². The van der Waals surface area contributed by atoms with Crippen molar-refractivity contribution in [3.63, 3.8) is 0 Å². The second-order valence-corrected chi connectivity index (χ2v) is 5.91. The number of nitro benzene ring substituents is 2. The minimum Gasteiger partial charge on any atom is -0.348 e. The number of nitrogens with zero attached hydrogens (tertiary/aromatic N) is 4. The lowest BCUT2D eigenvalue weighted by molar-refractivity contribution is -0.394. The molecule has 142 valence electrons. The van der Waals surface area contributed by atoms with Crippen LogP contribution in [-0.2, 0) is 13.1 Å². The minimum absolute atomic E-state index is 0.148. The van der Waals surface area contributed by atoms with Gasteiger partial charge in [0.25, 0.3) is 17.3 Å². The van der Waals surface area contributed by atoms with Crippen LogP contribution in [0.4, 0.5) is 11.4 Å². The maximum Gasteiger partial charge on any atom is 0.277 e. The van der Waals surface area contributed by atoms with Crippen molar-refractivity contribution in [3.8, 4) is 0 Å². The van der Waals surface area contributed by atoms with Crippen molar-refractivity contribution in [3.05, 3.63) is 97.8 Å². The lowest BCUT2D eigenvalue weighted by atomic mass is 10.1. The van der Waals surface area contributed by atoms with E-state index in [0.717, 1.165) is 29.3 Å². The Bertz CT molecular complexity index is 1000. The summed E-state index contributed by atoms with van der Waals surface area (Å²) in [6.07, 6.45) is 3.48. The van der Waals surface area contributed by atoms with Crippen molar-refractivity contribution in [2.45, 2.75) is 13.1 Å². The highest BCUT2D eigenvalue weighted by Crippen LogP contribution is 2.22. The van der Waals surface area contributed by atoms with Crippen LogP contribution in [0.5, 0.6) is 0 Å². The molecule has 1 amide bonds. The summed E-state index contributed by atoms with van der Waals surface area (Å²) in [7, 11) is 0. The molecule has 0 atom stereocenters. The lowest BCUT2D eigenvalue weighted by Crippen LogP contribution is -2.24. The van der Waals surface area contributed by atoms with E-state index in [1.165, 1.54) is 0 Å². The number of nitro groups is 2. The second-order valence-electron chi connectivity index (χ2n) is 5.91. The summed E-state index contributed by atoms with van der Waals surface area (Å²) in [5.74, 6) is -0.638. The lowest BCUT2D eigenvalue weighted by Gasteiger charge is -2.11. The van der Waals surface area contributed by atoms with Crippen LogP contribution in [-0.4, -0.2) is 25.5 Å². The fraction of sp³-hybridized carbons (Fsp3) is 0.111.